The molecule has 0 aromatic carbocycles. The van der Waals surface area contributed by atoms with Gasteiger partial charge in [-0.25, -0.2) is 19.5 Å². The highest BCUT2D eigenvalue weighted by molar-refractivity contribution is 7.47. The van der Waals surface area contributed by atoms with E-state index in [4.69, 9.17) is 29.0 Å². The Morgan fingerprint density at radius 2 is 1.81 bits per heavy atom. The number of rotatable bonds is 9. The summed E-state index contributed by atoms with van der Waals surface area (Å²) in [5.41, 5.74) is -0.281. The molecular formula is C21H26N9O12P. The number of anilines is 1. The van der Waals surface area contributed by atoms with E-state index in [1.807, 2.05) is 0 Å². The van der Waals surface area contributed by atoms with Crippen molar-refractivity contribution in [1.29, 1.82) is 0 Å². The second-order valence-electron chi connectivity index (χ2n) is 9.82. The number of imidazole rings is 2. The van der Waals surface area contributed by atoms with Crippen molar-refractivity contribution in [3.05, 3.63) is 39.7 Å². The predicted molar refractivity (Wildman–Crippen MR) is 139 cm³/mol. The summed E-state index contributed by atoms with van der Waals surface area (Å²) in [6.07, 6.45) is -2.16. The van der Waals surface area contributed by atoms with E-state index in [-0.39, 0.29) is 28.3 Å². The maximum atomic E-state index is 13.4. The predicted octanol–water partition coefficient (Wildman–Crippen LogP) is -3.57. The van der Waals surface area contributed by atoms with E-state index >= 15 is 0 Å². The fourth-order valence-electron chi connectivity index (χ4n) is 5.28. The van der Waals surface area contributed by atoms with Crippen LogP contribution < -0.4 is 16.9 Å². The van der Waals surface area contributed by atoms with Crippen molar-refractivity contribution in [2.75, 3.05) is 39.3 Å². The average Bonchev–Trinajstić information content (AvgIpc) is 3.73. The lowest BCUT2D eigenvalue weighted by Crippen LogP contribution is -2.50. The number of aliphatic hydroxyl groups is 3. The molecule has 4 aromatic rings. The lowest BCUT2D eigenvalue weighted by atomic mass is 10.1. The van der Waals surface area contributed by atoms with Gasteiger partial charge in [0.05, 0.1) is 45.4 Å². The zero-order valence-electron chi connectivity index (χ0n) is 22.1. The zero-order chi connectivity index (χ0) is 30.7. The molecule has 0 radical (unpaired) electrons. The number of nitrogens with one attached hydrogen (secondary N) is 2. The van der Waals surface area contributed by atoms with E-state index in [1.165, 1.54) is 7.11 Å². The number of aromatic amines is 2. The number of ether oxygens (including phenoxy) is 3. The molecule has 4 aromatic heterocycles. The third kappa shape index (κ3) is 4.66. The van der Waals surface area contributed by atoms with Gasteiger partial charge in [0.1, 0.15) is 24.4 Å². The smallest absolute Gasteiger partial charge is 0.394 e. The van der Waals surface area contributed by atoms with Gasteiger partial charge >= 0.3 is 7.82 Å². The summed E-state index contributed by atoms with van der Waals surface area (Å²) in [7, 11) is -3.91. The fraction of sp³-hybridized carbons (Fsp3) is 0.524. The molecule has 6 rings (SSSR count). The summed E-state index contributed by atoms with van der Waals surface area (Å²) in [5, 5.41) is 32.0. The highest BCUT2D eigenvalue weighted by Gasteiger charge is 2.58. The minimum Gasteiger partial charge on any atom is -0.394 e. The summed E-state index contributed by atoms with van der Waals surface area (Å²) in [6, 6.07) is 0. The molecule has 2 saturated heterocycles. The van der Waals surface area contributed by atoms with Crippen LogP contribution in [0, 0.1) is 0 Å². The van der Waals surface area contributed by atoms with Crippen LogP contribution in [-0.4, -0.2) is 117 Å². The maximum absolute atomic E-state index is 13.4. The van der Waals surface area contributed by atoms with Crippen molar-refractivity contribution in [1.82, 2.24) is 39.0 Å². The van der Waals surface area contributed by atoms with Crippen molar-refractivity contribution in [2.24, 2.45) is 0 Å². The van der Waals surface area contributed by atoms with Crippen LogP contribution in [0.5, 0.6) is 0 Å². The third-order valence-corrected chi connectivity index (χ3v) is 8.34. The van der Waals surface area contributed by atoms with E-state index in [9.17, 15) is 34.4 Å². The molecule has 0 amide bonds. The Hall–Kier alpha value is -3.63. The standard InChI is InChI=1S/C21H26N9O12P/c1-38-14-9(2-31)40-5-21(14,30-8-26-12-16(30)27-19(22)28-18(12)34)42-43(36,37)41-3-10-13(32)20(35,4-39-10)29-7-25-11-15(29)23-6-24-17(11)33/h6-10,13-14,31-32,35H,2-5H2,1H3,(H,36,37)(H,23,24,33)(H3,22,27,28,34)/t9-,10-,13-,14-,20-,21+/m1/s1. The topological polar surface area (TPSA) is 297 Å². The van der Waals surface area contributed by atoms with E-state index in [2.05, 4.69) is 29.9 Å². The van der Waals surface area contributed by atoms with Gasteiger partial charge in [-0.3, -0.25) is 32.8 Å². The largest absolute Gasteiger partial charge is 0.474 e. The van der Waals surface area contributed by atoms with Gasteiger partial charge in [-0.2, -0.15) is 4.98 Å². The number of H-pyrrole nitrogens is 2. The molecule has 0 saturated carbocycles. The van der Waals surface area contributed by atoms with Gasteiger partial charge in [0.25, 0.3) is 11.1 Å². The quantitative estimate of drug-likeness (QED) is 0.0883. The third-order valence-electron chi connectivity index (χ3n) is 7.32. The monoisotopic (exact) mass is 627 g/mol. The molecule has 0 bridgehead atoms. The molecule has 2 fully saturated rings. The Kier molecular flexibility index (Phi) is 7.20. The summed E-state index contributed by atoms with van der Waals surface area (Å²) in [4.78, 5) is 55.8. The normalized spacial score (nSPS) is 30.8. The van der Waals surface area contributed by atoms with Crippen LogP contribution in [0.15, 0.2) is 28.6 Å². The highest BCUT2D eigenvalue weighted by Crippen LogP contribution is 2.53. The van der Waals surface area contributed by atoms with Crippen molar-refractivity contribution in [2.45, 2.75) is 35.9 Å². The fourth-order valence-corrected chi connectivity index (χ4v) is 6.31. The Balaban J connectivity index is 1.27. The molecule has 6 heterocycles. The van der Waals surface area contributed by atoms with Crippen molar-refractivity contribution < 1.29 is 48.0 Å². The number of phosphoric ester groups is 1. The summed E-state index contributed by atoms with van der Waals surface area (Å²) >= 11 is 0. The first-order valence-corrected chi connectivity index (χ1v) is 14.0. The zero-order valence-corrected chi connectivity index (χ0v) is 23.0. The molecule has 232 valence electrons. The number of hydrogen-bond acceptors (Lipinski definition) is 16. The molecule has 8 N–H and O–H groups in total. The van der Waals surface area contributed by atoms with Crippen molar-refractivity contribution >= 4 is 36.1 Å². The van der Waals surface area contributed by atoms with E-state index < -0.39 is 81.2 Å². The van der Waals surface area contributed by atoms with Gasteiger partial charge in [0, 0.05) is 7.11 Å². The van der Waals surface area contributed by atoms with Gasteiger partial charge in [-0.1, -0.05) is 0 Å². The molecule has 43 heavy (non-hydrogen) atoms. The van der Waals surface area contributed by atoms with Gasteiger partial charge < -0.3 is 45.1 Å². The number of methoxy groups -OCH3 is 1. The van der Waals surface area contributed by atoms with Crippen LogP contribution in [0.4, 0.5) is 5.95 Å². The highest BCUT2D eigenvalue weighted by atomic mass is 31.2. The minimum absolute atomic E-state index is 0.0421. The van der Waals surface area contributed by atoms with Crippen LogP contribution >= 0.6 is 7.82 Å². The number of hydrogen-bond donors (Lipinski definition) is 7. The second kappa shape index (κ2) is 10.5. The number of aliphatic hydroxyl groups excluding tert-OH is 2. The molecule has 2 aliphatic heterocycles. The Morgan fingerprint density at radius 1 is 1.12 bits per heavy atom. The lowest BCUT2D eigenvalue weighted by Gasteiger charge is -2.36. The van der Waals surface area contributed by atoms with Crippen LogP contribution in [0.2, 0.25) is 0 Å². The number of aromatic nitrogens is 8. The number of fused-ring (bicyclic) bond motifs is 2. The van der Waals surface area contributed by atoms with E-state index in [0.29, 0.717) is 0 Å². The average molecular weight is 627 g/mol. The summed E-state index contributed by atoms with van der Waals surface area (Å²) < 4.78 is 42.9. The van der Waals surface area contributed by atoms with Crippen LogP contribution in [0.1, 0.15) is 0 Å². The number of phosphoric acid groups is 1. The van der Waals surface area contributed by atoms with Gasteiger partial charge in [-0.05, 0) is 0 Å². The second-order valence-corrected chi connectivity index (χ2v) is 11.2. The lowest BCUT2D eigenvalue weighted by molar-refractivity contribution is -0.125. The van der Waals surface area contributed by atoms with E-state index in [0.717, 1.165) is 28.1 Å². The van der Waals surface area contributed by atoms with Crippen LogP contribution in [-0.2, 0) is 39.3 Å². The molecule has 7 atom stereocenters. The molecule has 21 nitrogen and oxygen atoms in total. The minimum atomic E-state index is -5.15. The van der Waals surface area contributed by atoms with Gasteiger partial charge in [0.2, 0.25) is 11.7 Å². The van der Waals surface area contributed by atoms with Crippen molar-refractivity contribution in [3.63, 3.8) is 0 Å². The molecule has 0 spiro atoms. The van der Waals surface area contributed by atoms with Crippen molar-refractivity contribution in [3.8, 4) is 0 Å². The molecular weight excluding hydrogens is 601 g/mol. The SMILES string of the molecule is CO[C@@H]1[C@@H](CO)OC[C@@]1(OP(=O)(O)OC[C@H]1OC[C@](O)(n2cnc3c(=O)[nH]cnc32)[C@@H]1O)n1cnc2c(=O)[nH]c(N)nc21. The maximum Gasteiger partial charge on any atom is 0.474 e. The molecule has 22 heteroatoms. The van der Waals surface area contributed by atoms with Gasteiger partial charge in [-0.15, -0.1) is 0 Å². The summed E-state index contributed by atoms with van der Waals surface area (Å²) in [6.45, 7) is -2.37. The summed E-state index contributed by atoms with van der Waals surface area (Å²) in [5.74, 6) is -0.283. The number of nitrogens with zero attached hydrogens (tertiary/aromatic N) is 6. The molecule has 2 aliphatic rings. The van der Waals surface area contributed by atoms with Crippen LogP contribution in [0.25, 0.3) is 22.3 Å². The number of nitrogens with two attached hydrogens (primary N) is 1. The first kappa shape index (κ1) is 29.4. The van der Waals surface area contributed by atoms with Gasteiger partial charge in [0.15, 0.2) is 28.1 Å². The first-order chi connectivity index (χ1) is 20.4. The first-order valence-electron chi connectivity index (χ1n) is 12.5. The number of nitrogen functional groups attached to an aromatic ring is 1. The molecule has 0 aliphatic carbocycles. The van der Waals surface area contributed by atoms with Crippen LogP contribution in [0.3, 0.4) is 0 Å². The molecule has 1 unspecified atom stereocenters. The van der Waals surface area contributed by atoms with E-state index in [1.54, 1.807) is 0 Å². The Morgan fingerprint density at radius 3 is 2.53 bits per heavy atom. The Bertz CT molecular complexity index is 1840. The Labute approximate surface area is 238 Å².